The summed E-state index contributed by atoms with van der Waals surface area (Å²) in [5.74, 6) is -3.19. The van der Waals surface area contributed by atoms with Gasteiger partial charge in [0.25, 0.3) is 0 Å². The van der Waals surface area contributed by atoms with E-state index in [1.165, 1.54) is 11.0 Å². The number of benzene rings is 2. The average molecular weight is 588 g/mol. The number of rotatable bonds is 4. The molecular formula is C31H26BrNO6. The molecule has 4 atom stereocenters. The number of fused-ring (bicyclic) bond motifs is 3. The Labute approximate surface area is 233 Å². The maximum Gasteiger partial charge on any atom is 0.233 e. The quantitative estimate of drug-likeness (QED) is 0.311. The summed E-state index contributed by atoms with van der Waals surface area (Å²) in [5, 5.41) is 20.6. The predicted octanol–water partition coefficient (Wildman–Crippen LogP) is 4.41. The number of likely N-dealkylation sites (tertiary alicyclic amines) is 1. The smallest absolute Gasteiger partial charge is 0.233 e. The van der Waals surface area contributed by atoms with E-state index in [1.807, 2.05) is 6.08 Å². The zero-order chi connectivity index (χ0) is 27.6. The maximum absolute atomic E-state index is 13.8. The predicted molar refractivity (Wildman–Crippen MR) is 146 cm³/mol. The van der Waals surface area contributed by atoms with Crippen molar-refractivity contribution >= 4 is 39.3 Å². The molecule has 0 radical (unpaired) electrons. The van der Waals surface area contributed by atoms with Crippen molar-refractivity contribution in [2.75, 3.05) is 6.54 Å². The van der Waals surface area contributed by atoms with Crippen molar-refractivity contribution in [3.63, 3.8) is 0 Å². The average Bonchev–Trinajstić information content (AvgIpc) is 3.16. The highest BCUT2D eigenvalue weighted by atomic mass is 79.9. The van der Waals surface area contributed by atoms with Crippen molar-refractivity contribution in [1.82, 2.24) is 4.90 Å². The number of allylic oxidation sites excluding steroid dienone is 6. The first-order valence-corrected chi connectivity index (χ1v) is 13.8. The fourth-order valence-corrected chi connectivity index (χ4v) is 7.11. The van der Waals surface area contributed by atoms with E-state index in [2.05, 4.69) is 15.9 Å². The van der Waals surface area contributed by atoms with Crippen molar-refractivity contribution in [3.8, 4) is 11.5 Å². The van der Waals surface area contributed by atoms with Gasteiger partial charge in [0, 0.05) is 35.2 Å². The first-order chi connectivity index (χ1) is 18.7. The van der Waals surface area contributed by atoms with Crippen LogP contribution in [0.25, 0.3) is 0 Å². The van der Waals surface area contributed by atoms with Gasteiger partial charge in [-0.05, 0) is 71.3 Å². The maximum atomic E-state index is 13.8. The molecule has 8 heteroatoms. The lowest BCUT2D eigenvalue weighted by molar-refractivity contribution is -0.140. The fourth-order valence-electron chi connectivity index (χ4n) is 6.67. The number of phenols is 2. The number of hydrogen-bond acceptors (Lipinski definition) is 6. The van der Waals surface area contributed by atoms with Crippen molar-refractivity contribution in [2.45, 2.75) is 32.1 Å². The summed E-state index contributed by atoms with van der Waals surface area (Å²) in [6, 6.07) is 12.0. The SMILES string of the molecule is Cc1cccc(C2C3=CCC4C(=O)N(CCc5ccc(O)cc5)C(=O)C4C3CC3=C2C(=O)C=C(Br)C3=O)c1O. The van der Waals surface area contributed by atoms with E-state index >= 15 is 0 Å². The number of amides is 2. The molecule has 0 spiro atoms. The molecule has 2 aromatic rings. The number of nitrogens with zero attached hydrogens (tertiary/aromatic N) is 1. The van der Waals surface area contributed by atoms with Gasteiger partial charge in [0.1, 0.15) is 11.5 Å². The number of ketones is 2. The molecule has 7 nitrogen and oxygen atoms in total. The van der Waals surface area contributed by atoms with Crippen LogP contribution >= 0.6 is 15.9 Å². The van der Waals surface area contributed by atoms with Gasteiger partial charge >= 0.3 is 0 Å². The second-order valence-corrected chi connectivity index (χ2v) is 11.5. The van der Waals surface area contributed by atoms with Crippen molar-refractivity contribution in [1.29, 1.82) is 0 Å². The van der Waals surface area contributed by atoms with Crippen LogP contribution in [0.5, 0.6) is 11.5 Å². The Morgan fingerprint density at radius 2 is 1.72 bits per heavy atom. The molecule has 198 valence electrons. The van der Waals surface area contributed by atoms with Crippen LogP contribution < -0.4 is 0 Å². The Morgan fingerprint density at radius 3 is 2.46 bits per heavy atom. The molecular weight excluding hydrogens is 562 g/mol. The second-order valence-electron chi connectivity index (χ2n) is 10.7. The Hall–Kier alpha value is -3.78. The number of aromatic hydroxyl groups is 2. The molecule has 0 aromatic heterocycles. The van der Waals surface area contributed by atoms with Gasteiger partial charge in [0.15, 0.2) is 11.6 Å². The minimum Gasteiger partial charge on any atom is -0.508 e. The number of carbonyl (C=O) groups is 4. The van der Waals surface area contributed by atoms with Gasteiger partial charge in [0.2, 0.25) is 11.8 Å². The van der Waals surface area contributed by atoms with Crippen LogP contribution in [0.1, 0.15) is 35.4 Å². The van der Waals surface area contributed by atoms with E-state index in [0.717, 1.165) is 11.1 Å². The molecule has 6 rings (SSSR count). The highest BCUT2D eigenvalue weighted by Gasteiger charge is 2.56. The van der Waals surface area contributed by atoms with Gasteiger partial charge < -0.3 is 10.2 Å². The number of hydrogen-bond donors (Lipinski definition) is 2. The first-order valence-electron chi connectivity index (χ1n) is 13.0. The van der Waals surface area contributed by atoms with E-state index in [-0.39, 0.29) is 52.3 Å². The van der Waals surface area contributed by atoms with Crippen LogP contribution in [-0.4, -0.2) is 45.0 Å². The molecule has 0 bridgehead atoms. The molecule has 2 aromatic carbocycles. The number of imide groups is 1. The van der Waals surface area contributed by atoms with Gasteiger partial charge in [-0.2, -0.15) is 0 Å². The number of aryl methyl sites for hydroxylation is 1. The van der Waals surface area contributed by atoms with Crippen LogP contribution in [0.3, 0.4) is 0 Å². The van der Waals surface area contributed by atoms with Crippen LogP contribution in [-0.2, 0) is 25.6 Å². The molecule has 1 fully saturated rings. The Kier molecular flexibility index (Phi) is 6.18. The van der Waals surface area contributed by atoms with E-state index in [0.29, 0.717) is 35.1 Å². The molecule has 4 unspecified atom stereocenters. The molecule has 39 heavy (non-hydrogen) atoms. The fraction of sp³-hybridized carbons (Fsp3) is 0.290. The Bertz CT molecular complexity index is 1550. The summed E-state index contributed by atoms with van der Waals surface area (Å²) in [6.45, 7) is 1.99. The Balaban J connectivity index is 1.39. The summed E-state index contributed by atoms with van der Waals surface area (Å²) in [4.78, 5) is 55.2. The van der Waals surface area contributed by atoms with Crippen LogP contribution in [0, 0.1) is 24.7 Å². The standard InChI is InChI=1S/C31H26BrNO6/c1-15-3-2-4-19(28(15)36)25-18-9-10-20-26(21(18)13-22-27(25)24(35)14-23(32)29(22)37)31(39)33(30(20)38)12-11-16-5-7-17(34)8-6-16/h2-9,14,20-21,25-26,34,36H,10-13H2,1H3. The third-order valence-electron chi connectivity index (χ3n) is 8.56. The number of phenolic OH excluding ortho intramolecular Hbond substituents is 2. The highest BCUT2D eigenvalue weighted by Crippen LogP contribution is 2.56. The first kappa shape index (κ1) is 25.5. The molecule has 1 heterocycles. The third-order valence-corrected chi connectivity index (χ3v) is 9.15. The third kappa shape index (κ3) is 4.00. The van der Waals surface area contributed by atoms with Crippen molar-refractivity contribution in [3.05, 3.63) is 92.5 Å². The van der Waals surface area contributed by atoms with E-state index in [1.54, 1.807) is 49.4 Å². The van der Waals surface area contributed by atoms with Crippen LogP contribution in [0.15, 0.2) is 75.8 Å². The monoisotopic (exact) mass is 587 g/mol. The second kappa shape index (κ2) is 9.45. The molecule has 3 aliphatic carbocycles. The molecule has 2 N–H and O–H groups in total. The summed E-state index contributed by atoms with van der Waals surface area (Å²) >= 11 is 3.23. The highest BCUT2D eigenvalue weighted by molar-refractivity contribution is 9.12. The van der Waals surface area contributed by atoms with Gasteiger partial charge in [-0.25, -0.2) is 0 Å². The summed E-state index contributed by atoms with van der Waals surface area (Å²) < 4.78 is 0.169. The summed E-state index contributed by atoms with van der Waals surface area (Å²) in [7, 11) is 0. The topological polar surface area (TPSA) is 112 Å². The number of para-hydroxylation sites is 1. The number of carbonyl (C=O) groups excluding carboxylic acids is 4. The summed E-state index contributed by atoms with van der Waals surface area (Å²) in [6.07, 6.45) is 4.22. The molecule has 1 saturated heterocycles. The van der Waals surface area contributed by atoms with Gasteiger partial charge in [0.05, 0.1) is 16.3 Å². The van der Waals surface area contributed by atoms with Crippen LogP contribution in [0.2, 0.25) is 0 Å². The van der Waals surface area contributed by atoms with Crippen molar-refractivity contribution in [2.24, 2.45) is 17.8 Å². The van der Waals surface area contributed by atoms with E-state index in [4.69, 9.17) is 0 Å². The lowest BCUT2D eigenvalue weighted by Crippen LogP contribution is -2.39. The number of Topliss-reactive ketones (excluding diaryl/α,β-unsaturated/α-hetero) is 1. The largest absolute Gasteiger partial charge is 0.508 e. The lowest BCUT2D eigenvalue weighted by Gasteiger charge is -2.42. The Morgan fingerprint density at radius 1 is 0.974 bits per heavy atom. The van der Waals surface area contributed by atoms with E-state index < -0.39 is 23.7 Å². The lowest BCUT2D eigenvalue weighted by atomic mass is 9.59. The minimum absolute atomic E-state index is 0.0521. The molecule has 1 aliphatic heterocycles. The van der Waals surface area contributed by atoms with Crippen LogP contribution in [0.4, 0.5) is 0 Å². The normalized spacial score (nSPS) is 26.3. The molecule has 4 aliphatic rings. The summed E-state index contributed by atoms with van der Waals surface area (Å²) in [5.41, 5.74) is 3.55. The van der Waals surface area contributed by atoms with Gasteiger partial charge in [-0.15, -0.1) is 0 Å². The minimum atomic E-state index is -0.679. The molecule has 0 saturated carbocycles. The van der Waals surface area contributed by atoms with Gasteiger partial charge in [-0.3, -0.25) is 24.1 Å². The number of halogens is 1. The molecule has 2 amide bonds. The zero-order valence-electron chi connectivity index (χ0n) is 21.2. The van der Waals surface area contributed by atoms with Gasteiger partial charge in [-0.1, -0.05) is 42.0 Å². The van der Waals surface area contributed by atoms with E-state index in [9.17, 15) is 29.4 Å². The zero-order valence-corrected chi connectivity index (χ0v) is 22.8. The van der Waals surface area contributed by atoms with Crippen molar-refractivity contribution < 1.29 is 29.4 Å².